The molecular formula is C11H13BrFNO. The van der Waals surface area contributed by atoms with Crippen molar-refractivity contribution in [2.24, 2.45) is 5.73 Å². The standard InChI is InChI=1S/C11H13BrFNO/c1-2-3-4-10(14)8-5-7(13)6-9(12)11(8)15/h2,5-6,10,15H,1,3-4,14H2/t10-/m0/s1. The fraction of sp³-hybridized carbons (Fsp3) is 0.273. The predicted octanol–water partition coefficient (Wildman–Crippen LogP) is 3.26. The van der Waals surface area contributed by atoms with Crippen molar-refractivity contribution in [2.45, 2.75) is 18.9 Å². The highest BCUT2D eigenvalue weighted by Crippen LogP contribution is 2.33. The lowest BCUT2D eigenvalue weighted by atomic mass is 10.0. The van der Waals surface area contributed by atoms with Gasteiger partial charge >= 0.3 is 0 Å². The minimum Gasteiger partial charge on any atom is -0.506 e. The normalized spacial score (nSPS) is 12.5. The Hall–Kier alpha value is -0.870. The molecule has 0 bridgehead atoms. The van der Waals surface area contributed by atoms with Crippen LogP contribution >= 0.6 is 15.9 Å². The minimum absolute atomic E-state index is 0.00737. The van der Waals surface area contributed by atoms with E-state index in [1.807, 2.05) is 0 Å². The Kier molecular flexibility index (Phi) is 4.29. The molecule has 0 saturated carbocycles. The van der Waals surface area contributed by atoms with Crippen LogP contribution in [0.4, 0.5) is 4.39 Å². The van der Waals surface area contributed by atoms with E-state index in [4.69, 9.17) is 5.73 Å². The molecule has 0 spiro atoms. The van der Waals surface area contributed by atoms with Gasteiger partial charge in [-0.1, -0.05) is 6.08 Å². The number of allylic oxidation sites excluding steroid dienone is 1. The highest BCUT2D eigenvalue weighted by Gasteiger charge is 2.14. The van der Waals surface area contributed by atoms with Gasteiger partial charge in [-0.25, -0.2) is 4.39 Å². The third-order valence-electron chi connectivity index (χ3n) is 2.14. The van der Waals surface area contributed by atoms with Gasteiger partial charge in [0.05, 0.1) is 4.47 Å². The van der Waals surface area contributed by atoms with Gasteiger partial charge in [-0.2, -0.15) is 0 Å². The van der Waals surface area contributed by atoms with Crippen LogP contribution in [0.25, 0.3) is 0 Å². The molecule has 1 atom stereocenters. The summed E-state index contributed by atoms with van der Waals surface area (Å²) < 4.78 is 13.4. The molecule has 4 heteroatoms. The lowest BCUT2D eigenvalue weighted by Crippen LogP contribution is -2.10. The van der Waals surface area contributed by atoms with E-state index >= 15 is 0 Å². The fourth-order valence-corrected chi connectivity index (χ4v) is 1.77. The molecule has 0 aromatic heterocycles. The lowest BCUT2D eigenvalue weighted by Gasteiger charge is -2.13. The molecule has 1 aromatic carbocycles. The molecule has 2 nitrogen and oxygen atoms in total. The zero-order valence-corrected chi connectivity index (χ0v) is 9.80. The summed E-state index contributed by atoms with van der Waals surface area (Å²) in [6.07, 6.45) is 3.10. The molecular weight excluding hydrogens is 261 g/mol. The van der Waals surface area contributed by atoms with E-state index in [0.717, 1.165) is 6.42 Å². The van der Waals surface area contributed by atoms with Crippen LogP contribution in [-0.2, 0) is 0 Å². The molecule has 1 aromatic rings. The molecule has 0 fully saturated rings. The van der Waals surface area contributed by atoms with Gasteiger partial charge in [-0.3, -0.25) is 0 Å². The van der Waals surface area contributed by atoms with Gasteiger partial charge in [0.1, 0.15) is 11.6 Å². The molecule has 0 amide bonds. The van der Waals surface area contributed by atoms with E-state index in [-0.39, 0.29) is 11.8 Å². The molecule has 0 aliphatic rings. The quantitative estimate of drug-likeness (QED) is 0.828. The fourth-order valence-electron chi connectivity index (χ4n) is 1.32. The van der Waals surface area contributed by atoms with E-state index in [0.29, 0.717) is 16.5 Å². The van der Waals surface area contributed by atoms with Gasteiger partial charge in [0, 0.05) is 11.6 Å². The van der Waals surface area contributed by atoms with Crippen LogP contribution in [0, 0.1) is 5.82 Å². The van der Waals surface area contributed by atoms with Gasteiger partial charge < -0.3 is 10.8 Å². The Morgan fingerprint density at radius 2 is 2.27 bits per heavy atom. The van der Waals surface area contributed by atoms with Crippen molar-refractivity contribution >= 4 is 15.9 Å². The second-order valence-electron chi connectivity index (χ2n) is 3.30. The Bertz CT molecular complexity index is 368. The van der Waals surface area contributed by atoms with Gasteiger partial charge in [-0.05, 0) is 40.9 Å². The average molecular weight is 274 g/mol. The first-order valence-corrected chi connectivity index (χ1v) is 5.40. The molecule has 1 rings (SSSR count). The maximum atomic E-state index is 13.1. The first kappa shape index (κ1) is 12.2. The summed E-state index contributed by atoms with van der Waals surface area (Å²) in [5.74, 6) is -0.406. The molecule has 15 heavy (non-hydrogen) atoms. The number of phenolic OH excluding ortho intramolecular Hbond substituents is 1. The minimum atomic E-state index is -0.413. The maximum Gasteiger partial charge on any atom is 0.134 e. The zero-order valence-electron chi connectivity index (χ0n) is 8.21. The third-order valence-corrected chi connectivity index (χ3v) is 2.74. The van der Waals surface area contributed by atoms with Crippen LogP contribution in [0.3, 0.4) is 0 Å². The van der Waals surface area contributed by atoms with Crippen LogP contribution in [0.5, 0.6) is 5.75 Å². The van der Waals surface area contributed by atoms with Crippen LogP contribution in [0.1, 0.15) is 24.4 Å². The SMILES string of the molecule is C=CCC[C@H](N)c1cc(F)cc(Br)c1O. The molecule has 0 radical (unpaired) electrons. The number of hydrogen-bond acceptors (Lipinski definition) is 2. The molecule has 82 valence electrons. The maximum absolute atomic E-state index is 13.1. The number of aromatic hydroxyl groups is 1. The third kappa shape index (κ3) is 3.04. The summed E-state index contributed by atoms with van der Waals surface area (Å²) in [5, 5.41) is 9.67. The van der Waals surface area contributed by atoms with E-state index in [2.05, 4.69) is 22.5 Å². The summed E-state index contributed by atoms with van der Waals surface area (Å²) in [6.45, 7) is 3.58. The summed E-state index contributed by atoms with van der Waals surface area (Å²) in [5.41, 5.74) is 6.24. The van der Waals surface area contributed by atoms with E-state index in [1.165, 1.54) is 12.1 Å². The Morgan fingerprint density at radius 3 is 2.87 bits per heavy atom. The second-order valence-corrected chi connectivity index (χ2v) is 4.15. The molecule has 0 unspecified atom stereocenters. The number of benzene rings is 1. The average Bonchev–Trinajstić information content (AvgIpc) is 2.19. The lowest BCUT2D eigenvalue weighted by molar-refractivity contribution is 0.452. The summed E-state index contributed by atoms with van der Waals surface area (Å²) >= 11 is 3.07. The number of nitrogens with two attached hydrogens (primary N) is 1. The smallest absolute Gasteiger partial charge is 0.134 e. The van der Waals surface area contributed by atoms with Crippen molar-refractivity contribution in [1.29, 1.82) is 0 Å². The summed E-state index contributed by atoms with van der Waals surface area (Å²) in [7, 11) is 0. The highest BCUT2D eigenvalue weighted by atomic mass is 79.9. The predicted molar refractivity (Wildman–Crippen MR) is 62.1 cm³/mol. The first-order chi connectivity index (χ1) is 7.06. The summed E-state index contributed by atoms with van der Waals surface area (Å²) in [4.78, 5) is 0. The van der Waals surface area contributed by atoms with Crippen molar-refractivity contribution in [1.82, 2.24) is 0 Å². The first-order valence-electron chi connectivity index (χ1n) is 4.60. The Morgan fingerprint density at radius 1 is 1.60 bits per heavy atom. The van der Waals surface area contributed by atoms with Crippen molar-refractivity contribution in [2.75, 3.05) is 0 Å². The van der Waals surface area contributed by atoms with E-state index in [1.54, 1.807) is 6.08 Å². The number of halogens is 2. The zero-order chi connectivity index (χ0) is 11.4. The van der Waals surface area contributed by atoms with Crippen LogP contribution in [-0.4, -0.2) is 5.11 Å². The number of rotatable bonds is 4. The van der Waals surface area contributed by atoms with Gasteiger partial charge in [0.15, 0.2) is 0 Å². The van der Waals surface area contributed by atoms with Gasteiger partial charge in [0.25, 0.3) is 0 Å². The van der Waals surface area contributed by atoms with Gasteiger partial charge in [-0.15, -0.1) is 6.58 Å². The topological polar surface area (TPSA) is 46.2 Å². The van der Waals surface area contributed by atoms with Crippen LogP contribution in [0.2, 0.25) is 0 Å². The van der Waals surface area contributed by atoms with Crippen LogP contribution in [0.15, 0.2) is 29.3 Å². The van der Waals surface area contributed by atoms with Crippen molar-refractivity contribution in [3.8, 4) is 5.75 Å². The molecule has 0 aliphatic heterocycles. The second kappa shape index (κ2) is 5.28. The molecule has 0 aliphatic carbocycles. The monoisotopic (exact) mass is 273 g/mol. The number of hydrogen-bond donors (Lipinski definition) is 2. The van der Waals surface area contributed by atoms with Gasteiger partial charge in [0.2, 0.25) is 0 Å². The van der Waals surface area contributed by atoms with Crippen molar-refractivity contribution in [3.63, 3.8) is 0 Å². The Labute approximate surface area is 96.7 Å². The molecule has 0 heterocycles. The van der Waals surface area contributed by atoms with Crippen molar-refractivity contribution in [3.05, 3.63) is 40.6 Å². The Balaban J connectivity index is 2.96. The van der Waals surface area contributed by atoms with E-state index in [9.17, 15) is 9.50 Å². The van der Waals surface area contributed by atoms with Crippen LogP contribution < -0.4 is 5.73 Å². The molecule has 3 N–H and O–H groups in total. The largest absolute Gasteiger partial charge is 0.506 e. The van der Waals surface area contributed by atoms with E-state index < -0.39 is 5.82 Å². The van der Waals surface area contributed by atoms with Crippen molar-refractivity contribution < 1.29 is 9.50 Å². The summed E-state index contributed by atoms with van der Waals surface area (Å²) in [6, 6.07) is 2.09. The number of phenols is 1. The molecule has 0 saturated heterocycles. The highest BCUT2D eigenvalue weighted by molar-refractivity contribution is 9.10.